The highest BCUT2D eigenvalue weighted by molar-refractivity contribution is 5.96. The van der Waals surface area contributed by atoms with Gasteiger partial charge in [-0.2, -0.15) is 8.78 Å². The van der Waals surface area contributed by atoms with Gasteiger partial charge in [0, 0.05) is 42.8 Å². The van der Waals surface area contributed by atoms with Gasteiger partial charge in [-0.1, -0.05) is 0 Å². The van der Waals surface area contributed by atoms with E-state index in [2.05, 4.69) is 15.0 Å². The quantitative estimate of drug-likeness (QED) is 0.303. The zero-order valence-corrected chi connectivity index (χ0v) is 21.5. The van der Waals surface area contributed by atoms with E-state index >= 15 is 0 Å². The fraction of sp³-hybridized carbons (Fsp3) is 0.276. The first-order valence-electron chi connectivity index (χ1n) is 12.6. The van der Waals surface area contributed by atoms with Gasteiger partial charge in [0.1, 0.15) is 11.6 Å². The second kappa shape index (κ2) is 10.8. The molecule has 4 aromatic rings. The molecule has 0 radical (unpaired) electrons. The average Bonchev–Trinajstić information content (AvgIpc) is 3.69. The third-order valence-corrected chi connectivity index (χ3v) is 6.79. The monoisotopic (exact) mass is 535 g/mol. The summed E-state index contributed by atoms with van der Waals surface area (Å²) in [7, 11) is 1.75. The largest absolute Gasteiger partial charge is 0.434 e. The van der Waals surface area contributed by atoms with Crippen LogP contribution in [-0.2, 0) is 13.6 Å². The smallest absolute Gasteiger partial charge is 0.387 e. The molecular formula is C29H28F3N5O2. The van der Waals surface area contributed by atoms with Crippen molar-refractivity contribution >= 4 is 5.91 Å². The summed E-state index contributed by atoms with van der Waals surface area (Å²) in [6.45, 7) is -0.926. The number of hydrogen-bond acceptors (Lipinski definition) is 4. The number of aromatic nitrogens is 3. The van der Waals surface area contributed by atoms with E-state index in [9.17, 15) is 18.0 Å². The first-order valence-corrected chi connectivity index (χ1v) is 12.6. The van der Waals surface area contributed by atoms with Crippen LogP contribution in [0.2, 0.25) is 0 Å². The number of nitrogens with zero attached hydrogens (tertiary/aromatic N) is 3. The highest BCUT2D eigenvalue weighted by Crippen LogP contribution is 2.41. The zero-order valence-electron chi connectivity index (χ0n) is 21.5. The molecule has 2 N–H and O–H groups in total. The summed E-state index contributed by atoms with van der Waals surface area (Å²) < 4.78 is 48.2. The molecule has 1 fully saturated rings. The molecule has 202 valence electrons. The van der Waals surface area contributed by atoms with Crippen LogP contribution in [0.5, 0.6) is 5.75 Å². The second-order valence-electron chi connectivity index (χ2n) is 9.84. The number of rotatable bonds is 9. The molecule has 1 atom stereocenters. The molecule has 1 amide bonds. The molecule has 7 nitrogen and oxygen atoms in total. The lowest BCUT2D eigenvalue weighted by molar-refractivity contribution is -0.0496. The third kappa shape index (κ3) is 6.05. The van der Waals surface area contributed by atoms with Gasteiger partial charge >= 0.3 is 6.61 Å². The fourth-order valence-electron chi connectivity index (χ4n) is 4.66. The van der Waals surface area contributed by atoms with Gasteiger partial charge < -0.3 is 19.2 Å². The van der Waals surface area contributed by atoms with Gasteiger partial charge in [-0.05, 0) is 84.8 Å². The lowest BCUT2D eigenvalue weighted by atomic mass is 9.97. The second-order valence-corrected chi connectivity index (χ2v) is 9.84. The average molecular weight is 536 g/mol. The molecule has 39 heavy (non-hydrogen) atoms. The number of halogens is 3. The molecule has 1 unspecified atom stereocenters. The number of carbonyl (C=O) groups excluding carboxylic acids is 1. The Morgan fingerprint density at radius 3 is 2.62 bits per heavy atom. The van der Waals surface area contributed by atoms with Crippen LogP contribution in [0.25, 0.3) is 11.1 Å². The molecule has 5 rings (SSSR count). The standard InChI is InChI=1S/C29H28F3N5O2/c1-17-7-8-34-24(11-17)26(19-3-4-19)35-27(38)21-13-18(16-37-10-9-36(2)29(37)33)12-20(14-21)23-6-5-22(30)15-25(23)39-28(31)32/h5-15,19,26,28,33H,3-4,16H2,1-2H3,(H,35,38). The zero-order chi connectivity index (χ0) is 27.7. The number of imidazole rings is 1. The van der Waals surface area contributed by atoms with Crippen LogP contribution in [0.4, 0.5) is 13.2 Å². The van der Waals surface area contributed by atoms with Crippen molar-refractivity contribution in [3.63, 3.8) is 0 Å². The van der Waals surface area contributed by atoms with E-state index in [1.165, 1.54) is 6.07 Å². The van der Waals surface area contributed by atoms with E-state index in [-0.39, 0.29) is 41.3 Å². The number of carbonyl (C=O) groups is 1. The van der Waals surface area contributed by atoms with E-state index in [1.54, 1.807) is 53.0 Å². The summed E-state index contributed by atoms with van der Waals surface area (Å²) in [6, 6.07) is 12.0. The van der Waals surface area contributed by atoms with E-state index < -0.39 is 12.4 Å². The summed E-state index contributed by atoms with van der Waals surface area (Å²) in [5.41, 5.74) is 3.66. The SMILES string of the molecule is Cc1ccnc(C(NC(=O)c2cc(Cn3ccn(C)c3=N)cc(-c3ccc(F)cc3OC(F)F)c2)C2CC2)c1. The normalized spacial score (nSPS) is 13.9. The van der Waals surface area contributed by atoms with E-state index in [0.717, 1.165) is 36.2 Å². The molecule has 2 heterocycles. The van der Waals surface area contributed by atoms with Crippen LogP contribution in [0.1, 0.15) is 46.1 Å². The van der Waals surface area contributed by atoms with Gasteiger partial charge in [0.05, 0.1) is 18.3 Å². The van der Waals surface area contributed by atoms with Gasteiger partial charge in [0.2, 0.25) is 5.62 Å². The van der Waals surface area contributed by atoms with Crippen molar-refractivity contribution in [2.45, 2.75) is 39.0 Å². The number of ether oxygens (including phenoxy) is 1. The summed E-state index contributed by atoms with van der Waals surface area (Å²) >= 11 is 0. The van der Waals surface area contributed by atoms with E-state index in [0.29, 0.717) is 16.7 Å². The Balaban J connectivity index is 1.55. The predicted octanol–water partition coefficient (Wildman–Crippen LogP) is 5.35. The van der Waals surface area contributed by atoms with E-state index in [1.807, 2.05) is 19.1 Å². The van der Waals surface area contributed by atoms with Gasteiger partial charge in [0.25, 0.3) is 5.91 Å². The fourth-order valence-corrected chi connectivity index (χ4v) is 4.66. The molecule has 0 saturated heterocycles. The van der Waals surface area contributed by atoms with Gasteiger partial charge in [0.15, 0.2) is 0 Å². The van der Waals surface area contributed by atoms with Crippen LogP contribution in [0.15, 0.2) is 67.1 Å². The number of hydrogen-bond donors (Lipinski definition) is 2. The third-order valence-electron chi connectivity index (χ3n) is 6.79. The Kier molecular flexibility index (Phi) is 7.28. The molecule has 1 aliphatic rings. The minimum Gasteiger partial charge on any atom is -0.434 e. The molecule has 0 spiro atoms. The highest BCUT2D eigenvalue weighted by Gasteiger charge is 2.34. The molecule has 1 aliphatic carbocycles. The van der Waals surface area contributed by atoms with Crippen molar-refractivity contribution in [1.82, 2.24) is 19.4 Å². The van der Waals surface area contributed by atoms with Crippen molar-refractivity contribution in [2.24, 2.45) is 13.0 Å². The Morgan fingerprint density at radius 2 is 1.95 bits per heavy atom. The Hall–Kier alpha value is -4.34. The van der Waals surface area contributed by atoms with Crippen molar-refractivity contribution in [3.8, 4) is 16.9 Å². The summed E-state index contributed by atoms with van der Waals surface area (Å²) in [6.07, 6.45) is 7.16. The van der Waals surface area contributed by atoms with Gasteiger partial charge in [-0.25, -0.2) is 4.39 Å². The Bertz CT molecular complexity index is 1580. The molecule has 10 heteroatoms. The van der Waals surface area contributed by atoms with Crippen LogP contribution in [0, 0.1) is 24.1 Å². The van der Waals surface area contributed by atoms with Crippen molar-refractivity contribution < 1.29 is 22.7 Å². The van der Waals surface area contributed by atoms with E-state index in [4.69, 9.17) is 5.41 Å². The first kappa shape index (κ1) is 26.3. The number of aryl methyl sites for hydroxylation is 2. The maximum absolute atomic E-state index is 13.9. The number of pyridine rings is 1. The minimum absolute atomic E-state index is 0.218. The maximum atomic E-state index is 13.9. The molecule has 1 saturated carbocycles. The van der Waals surface area contributed by atoms with Gasteiger partial charge in [-0.3, -0.25) is 15.2 Å². The summed E-state index contributed by atoms with van der Waals surface area (Å²) in [5, 5.41) is 11.4. The minimum atomic E-state index is -3.15. The summed E-state index contributed by atoms with van der Waals surface area (Å²) in [4.78, 5) is 18.1. The Labute approximate surface area is 223 Å². The number of benzene rings is 2. The number of amides is 1. The lowest BCUT2D eigenvalue weighted by Crippen LogP contribution is -2.30. The van der Waals surface area contributed by atoms with Crippen LogP contribution in [0.3, 0.4) is 0 Å². The van der Waals surface area contributed by atoms with Crippen molar-refractivity contribution in [3.05, 3.63) is 101 Å². The van der Waals surface area contributed by atoms with Crippen LogP contribution < -0.4 is 15.7 Å². The topological polar surface area (TPSA) is 84.9 Å². The lowest BCUT2D eigenvalue weighted by Gasteiger charge is -2.19. The molecular weight excluding hydrogens is 507 g/mol. The predicted molar refractivity (Wildman–Crippen MR) is 139 cm³/mol. The number of alkyl halides is 2. The molecule has 2 aromatic heterocycles. The first-order chi connectivity index (χ1) is 18.7. The highest BCUT2D eigenvalue weighted by atomic mass is 19.3. The maximum Gasteiger partial charge on any atom is 0.387 e. The summed E-state index contributed by atoms with van der Waals surface area (Å²) in [5.74, 6) is -1.12. The van der Waals surface area contributed by atoms with Crippen molar-refractivity contribution in [2.75, 3.05) is 0 Å². The van der Waals surface area contributed by atoms with Crippen LogP contribution >= 0.6 is 0 Å². The van der Waals surface area contributed by atoms with Gasteiger partial charge in [-0.15, -0.1) is 0 Å². The molecule has 2 aromatic carbocycles. The molecule has 0 bridgehead atoms. The number of nitrogens with one attached hydrogen (secondary N) is 2. The van der Waals surface area contributed by atoms with Crippen LogP contribution in [-0.4, -0.2) is 26.6 Å². The Morgan fingerprint density at radius 1 is 1.15 bits per heavy atom. The van der Waals surface area contributed by atoms with Crippen molar-refractivity contribution in [1.29, 1.82) is 5.41 Å². The molecule has 0 aliphatic heterocycles.